The Balaban J connectivity index is 1.81. The number of hydrogen-bond donors (Lipinski definition) is 0. The highest BCUT2D eigenvalue weighted by atomic mass is 19.1. The number of anilines is 1. The summed E-state index contributed by atoms with van der Waals surface area (Å²) in [6, 6.07) is 11.7. The summed E-state index contributed by atoms with van der Waals surface area (Å²) in [6.07, 6.45) is -0.119. The Kier molecular flexibility index (Phi) is 3.30. The molecule has 0 radical (unpaired) electrons. The minimum absolute atomic E-state index is 0.119. The maximum absolute atomic E-state index is 13.5. The lowest BCUT2D eigenvalue weighted by molar-refractivity contribution is 0.0935. The molecule has 122 valence electrons. The Morgan fingerprint density at radius 1 is 1.25 bits per heavy atom. The summed E-state index contributed by atoms with van der Waals surface area (Å²) in [5.41, 5.74) is 1.87. The monoisotopic (exact) mass is 325 g/mol. The van der Waals surface area contributed by atoms with Gasteiger partial charge in [0, 0.05) is 10.9 Å². The van der Waals surface area contributed by atoms with Gasteiger partial charge in [-0.1, -0.05) is 12.1 Å². The number of fused-ring (bicyclic) bond motifs is 2. The predicted octanol–water partition coefficient (Wildman–Crippen LogP) is 4.31. The van der Waals surface area contributed by atoms with Gasteiger partial charge in [-0.15, -0.1) is 0 Å². The van der Waals surface area contributed by atoms with Crippen molar-refractivity contribution in [2.75, 3.05) is 11.4 Å². The summed E-state index contributed by atoms with van der Waals surface area (Å²) in [5, 5.41) is 0.618. The van der Waals surface area contributed by atoms with E-state index in [2.05, 4.69) is 0 Å². The second-order valence-corrected chi connectivity index (χ2v) is 6.01. The quantitative estimate of drug-likeness (QED) is 0.669. The molecule has 0 fully saturated rings. The number of carbonyl (C=O) groups excluding carboxylic acids is 1. The SMILES string of the molecule is Cc1c(C(=O)N2CC(C)Oc3ccccc32)oc2ccc(F)cc12. The van der Waals surface area contributed by atoms with Crippen molar-refractivity contribution < 1.29 is 18.3 Å². The van der Waals surface area contributed by atoms with Gasteiger partial charge in [-0.25, -0.2) is 4.39 Å². The zero-order valence-corrected chi connectivity index (χ0v) is 13.4. The molecule has 0 bridgehead atoms. The van der Waals surface area contributed by atoms with Crippen molar-refractivity contribution in [3.05, 3.63) is 59.6 Å². The first-order valence-corrected chi connectivity index (χ1v) is 7.81. The summed E-state index contributed by atoms with van der Waals surface area (Å²) in [5.74, 6) is 0.311. The van der Waals surface area contributed by atoms with E-state index >= 15 is 0 Å². The summed E-state index contributed by atoms with van der Waals surface area (Å²) in [7, 11) is 0. The molecule has 4 nitrogen and oxygen atoms in total. The number of halogens is 1. The van der Waals surface area contributed by atoms with Gasteiger partial charge in [0.1, 0.15) is 23.3 Å². The fourth-order valence-electron chi connectivity index (χ4n) is 3.10. The number of hydrogen-bond acceptors (Lipinski definition) is 3. The van der Waals surface area contributed by atoms with Gasteiger partial charge in [0.05, 0.1) is 12.2 Å². The van der Waals surface area contributed by atoms with E-state index in [4.69, 9.17) is 9.15 Å². The molecule has 0 saturated heterocycles. The minimum Gasteiger partial charge on any atom is -0.487 e. The number of ether oxygens (including phenoxy) is 1. The number of para-hydroxylation sites is 2. The van der Waals surface area contributed by atoms with E-state index in [0.717, 1.165) is 0 Å². The number of benzene rings is 2. The number of aryl methyl sites for hydroxylation is 1. The molecule has 1 aliphatic heterocycles. The third kappa shape index (κ3) is 2.24. The van der Waals surface area contributed by atoms with Crippen LogP contribution in [-0.2, 0) is 0 Å². The molecule has 0 N–H and O–H groups in total. The topological polar surface area (TPSA) is 42.7 Å². The molecule has 5 heteroatoms. The van der Waals surface area contributed by atoms with Crippen LogP contribution in [0.1, 0.15) is 23.0 Å². The largest absolute Gasteiger partial charge is 0.487 e. The zero-order chi connectivity index (χ0) is 16.8. The molecular weight excluding hydrogens is 309 g/mol. The summed E-state index contributed by atoms with van der Waals surface area (Å²) in [4.78, 5) is 14.7. The smallest absolute Gasteiger partial charge is 0.294 e. The first kappa shape index (κ1) is 14.8. The highest BCUT2D eigenvalue weighted by Crippen LogP contribution is 2.35. The van der Waals surface area contributed by atoms with Crippen molar-refractivity contribution in [1.82, 2.24) is 0 Å². The molecule has 1 aliphatic rings. The van der Waals surface area contributed by atoms with Crippen molar-refractivity contribution in [2.24, 2.45) is 0 Å². The van der Waals surface area contributed by atoms with Gasteiger partial charge in [0.25, 0.3) is 5.91 Å². The van der Waals surface area contributed by atoms with Crippen LogP contribution >= 0.6 is 0 Å². The van der Waals surface area contributed by atoms with Gasteiger partial charge in [-0.05, 0) is 44.2 Å². The van der Waals surface area contributed by atoms with Crippen LogP contribution < -0.4 is 9.64 Å². The van der Waals surface area contributed by atoms with Gasteiger partial charge in [0.15, 0.2) is 5.76 Å². The Morgan fingerprint density at radius 3 is 2.88 bits per heavy atom. The molecule has 1 amide bonds. The van der Waals surface area contributed by atoms with Crippen LogP contribution in [0.5, 0.6) is 5.75 Å². The molecule has 24 heavy (non-hydrogen) atoms. The fourth-order valence-corrected chi connectivity index (χ4v) is 3.10. The van der Waals surface area contributed by atoms with E-state index in [9.17, 15) is 9.18 Å². The number of carbonyl (C=O) groups is 1. The Morgan fingerprint density at radius 2 is 2.04 bits per heavy atom. The third-order valence-electron chi connectivity index (χ3n) is 4.26. The van der Waals surface area contributed by atoms with Crippen LogP contribution in [0.2, 0.25) is 0 Å². The summed E-state index contributed by atoms with van der Waals surface area (Å²) < 4.78 is 25.0. The minimum atomic E-state index is -0.351. The molecule has 0 spiro atoms. The second kappa shape index (κ2) is 5.37. The van der Waals surface area contributed by atoms with Crippen LogP contribution in [0.25, 0.3) is 11.0 Å². The van der Waals surface area contributed by atoms with E-state index in [0.29, 0.717) is 34.5 Å². The van der Waals surface area contributed by atoms with Gasteiger partial charge in [-0.2, -0.15) is 0 Å². The average molecular weight is 325 g/mol. The number of amides is 1. The zero-order valence-electron chi connectivity index (χ0n) is 13.4. The Bertz CT molecular complexity index is 947. The van der Waals surface area contributed by atoms with Crippen LogP contribution in [-0.4, -0.2) is 18.6 Å². The summed E-state index contributed by atoms with van der Waals surface area (Å²) >= 11 is 0. The molecule has 2 aromatic carbocycles. The fraction of sp³-hybridized carbons (Fsp3) is 0.211. The highest BCUT2D eigenvalue weighted by Gasteiger charge is 2.31. The lowest BCUT2D eigenvalue weighted by Gasteiger charge is -2.33. The molecule has 1 unspecified atom stereocenters. The number of nitrogens with zero attached hydrogens (tertiary/aromatic N) is 1. The normalized spacial score (nSPS) is 16.8. The molecule has 0 aliphatic carbocycles. The number of furan rings is 1. The lowest BCUT2D eigenvalue weighted by Crippen LogP contribution is -2.42. The van der Waals surface area contributed by atoms with Crippen LogP contribution in [0.15, 0.2) is 46.9 Å². The highest BCUT2D eigenvalue weighted by molar-refractivity contribution is 6.08. The molecule has 2 heterocycles. The van der Waals surface area contributed by atoms with Crippen LogP contribution in [0.3, 0.4) is 0 Å². The molecule has 0 saturated carbocycles. The predicted molar refractivity (Wildman–Crippen MR) is 89.1 cm³/mol. The maximum atomic E-state index is 13.5. The van der Waals surface area contributed by atoms with Gasteiger partial charge >= 0.3 is 0 Å². The van der Waals surface area contributed by atoms with E-state index < -0.39 is 0 Å². The van der Waals surface area contributed by atoms with E-state index in [1.165, 1.54) is 12.1 Å². The van der Waals surface area contributed by atoms with Crippen LogP contribution in [0.4, 0.5) is 10.1 Å². The summed E-state index contributed by atoms with van der Waals surface area (Å²) in [6.45, 7) is 4.12. The molecule has 4 rings (SSSR count). The van der Waals surface area contributed by atoms with Gasteiger partial charge < -0.3 is 9.15 Å². The van der Waals surface area contributed by atoms with Gasteiger partial charge in [-0.3, -0.25) is 9.69 Å². The van der Waals surface area contributed by atoms with Crippen LogP contribution in [0, 0.1) is 12.7 Å². The third-order valence-corrected chi connectivity index (χ3v) is 4.26. The van der Waals surface area contributed by atoms with Crippen molar-refractivity contribution in [2.45, 2.75) is 20.0 Å². The molecule has 1 atom stereocenters. The van der Waals surface area contributed by atoms with E-state index in [1.807, 2.05) is 31.2 Å². The Hall–Kier alpha value is -2.82. The maximum Gasteiger partial charge on any atom is 0.294 e. The molecule has 1 aromatic heterocycles. The lowest BCUT2D eigenvalue weighted by atomic mass is 10.1. The standard InChI is InChI=1S/C19H16FNO3/c1-11-10-21(15-5-3-4-6-17(15)23-11)19(22)18-12(2)14-9-13(20)7-8-16(14)24-18/h3-9,11H,10H2,1-2H3. The van der Waals surface area contributed by atoms with Crippen molar-refractivity contribution in [3.8, 4) is 5.75 Å². The van der Waals surface area contributed by atoms with Crippen molar-refractivity contribution >= 4 is 22.6 Å². The Labute approximate surface area is 138 Å². The van der Waals surface area contributed by atoms with Crippen molar-refractivity contribution in [1.29, 1.82) is 0 Å². The second-order valence-electron chi connectivity index (χ2n) is 6.01. The van der Waals surface area contributed by atoms with E-state index in [-0.39, 0.29) is 23.6 Å². The first-order chi connectivity index (χ1) is 11.5. The van der Waals surface area contributed by atoms with Crippen molar-refractivity contribution in [3.63, 3.8) is 0 Å². The van der Waals surface area contributed by atoms with Gasteiger partial charge in [0.2, 0.25) is 0 Å². The average Bonchev–Trinajstić information content (AvgIpc) is 2.90. The number of rotatable bonds is 1. The first-order valence-electron chi connectivity index (χ1n) is 7.81. The molecule has 3 aromatic rings. The van der Waals surface area contributed by atoms with E-state index in [1.54, 1.807) is 17.9 Å². The molecular formula is C19H16FNO3.